The number of carbonyl (C=O) groups is 1. The highest BCUT2D eigenvalue weighted by Gasteiger charge is 2.64. The van der Waals surface area contributed by atoms with Crippen molar-refractivity contribution >= 4 is 5.97 Å². The van der Waals surface area contributed by atoms with E-state index in [0.29, 0.717) is 74.7 Å². The fraction of sp³-hybridized carbons (Fsp3) is 0.851. The molecule has 6 unspecified atom stereocenters. The van der Waals surface area contributed by atoms with Gasteiger partial charge in [-0.2, -0.15) is 0 Å². The van der Waals surface area contributed by atoms with Crippen LogP contribution in [-0.4, -0.2) is 123 Å². The van der Waals surface area contributed by atoms with Crippen LogP contribution in [0.4, 0.5) is 0 Å². The highest BCUT2D eigenvalue weighted by molar-refractivity contribution is 5.66. The SMILES string of the molecule is C=C(C[C@@]12C[C@@H](C)C[C@@H](O1)C1O[C@]3(CC1O2)NC[C@H](C)C[C@@H]3C)C1O[C@@](O)([C@H](O)C2CC3O[C@@]4(CC[C@]5(CC(C)=C[C@@H](/C=C/CCC(=O)O)O5)O4)[C@H](C)CC3O2)C[C@H](O)[C@@H]1C. The minimum Gasteiger partial charge on any atom is -0.481 e. The number of fused-ring (bicyclic) bond motifs is 5. The Morgan fingerprint density at radius 2 is 1.70 bits per heavy atom. The Labute approximate surface area is 360 Å². The molecule has 0 aromatic heterocycles. The summed E-state index contributed by atoms with van der Waals surface area (Å²) in [5.41, 5.74) is 1.33. The van der Waals surface area contributed by atoms with Gasteiger partial charge < -0.3 is 58.3 Å². The summed E-state index contributed by atoms with van der Waals surface area (Å²) in [5, 5.41) is 48.4. The molecule has 14 nitrogen and oxygen atoms in total. The van der Waals surface area contributed by atoms with Gasteiger partial charge in [0.2, 0.25) is 0 Å². The second kappa shape index (κ2) is 16.3. The second-order valence-electron chi connectivity index (χ2n) is 21.1. The Hall–Kier alpha value is -1.79. The lowest BCUT2D eigenvalue weighted by Crippen LogP contribution is -2.61. The van der Waals surface area contributed by atoms with E-state index in [9.17, 15) is 20.1 Å². The maximum atomic E-state index is 12.2. The average Bonchev–Trinajstić information content (AvgIpc) is 3.86. The maximum absolute atomic E-state index is 12.2. The van der Waals surface area contributed by atoms with E-state index in [1.54, 1.807) is 0 Å². The molecule has 5 N–H and O–H groups in total. The molecule has 9 aliphatic heterocycles. The van der Waals surface area contributed by atoms with Gasteiger partial charge in [0.15, 0.2) is 23.1 Å². The Morgan fingerprint density at radius 1 is 0.918 bits per heavy atom. The number of allylic oxidation sites excluding steroid dienone is 1. The van der Waals surface area contributed by atoms with E-state index in [2.05, 4.69) is 46.5 Å². The van der Waals surface area contributed by atoms with Crippen LogP contribution in [0, 0.1) is 29.6 Å². The first kappa shape index (κ1) is 44.4. The van der Waals surface area contributed by atoms with E-state index < -0.39 is 71.3 Å². The van der Waals surface area contributed by atoms with Gasteiger partial charge in [-0.05, 0) is 55.9 Å². The van der Waals surface area contributed by atoms with Crippen LogP contribution in [0.5, 0.6) is 0 Å². The molecule has 14 heteroatoms. The second-order valence-corrected chi connectivity index (χ2v) is 21.1. The van der Waals surface area contributed by atoms with Gasteiger partial charge in [-0.3, -0.25) is 10.1 Å². The van der Waals surface area contributed by atoms with Gasteiger partial charge in [0, 0.05) is 76.2 Å². The molecule has 0 saturated carbocycles. The van der Waals surface area contributed by atoms with Gasteiger partial charge >= 0.3 is 5.97 Å². The van der Waals surface area contributed by atoms with Crippen LogP contribution in [0.15, 0.2) is 36.0 Å². The summed E-state index contributed by atoms with van der Waals surface area (Å²) in [6, 6.07) is 0. The monoisotopic (exact) mass is 857 g/mol. The standard InChI is InChI=1S/C47H71NO13/c1-25-15-32(10-8-9-11-39(50)51)55-43(19-25)12-13-47(61-43)30(6)17-34-35(58-47)18-37(54-34)42(52)46(53)22-33(49)31(7)40(60-46)28(4)21-44-20-26(2)16-36(56-44)41-38(57-44)23-45(59-41)29(5)14-27(3)24-48-45/h8,10,15,26-27,29-38,40-42,48-49,52-53H,4,9,11-14,16-24H2,1-3,5-7H3,(H,50,51)/b10-8+/t26-,27+,29-,30+,31-,32+,33-,34?,35?,36+,37?,38?,40?,41?,42+,43+,44-,45-,46+,47+/m0/s1. The fourth-order valence-electron chi connectivity index (χ4n) is 12.8. The van der Waals surface area contributed by atoms with Crippen molar-refractivity contribution in [1.82, 2.24) is 5.32 Å². The van der Waals surface area contributed by atoms with Crippen molar-refractivity contribution in [3.05, 3.63) is 36.0 Å². The number of aliphatic carboxylic acids is 1. The third-order valence-electron chi connectivity index (χ3n) is 15.9. The topological polar surface area (TPSA) is 184 Å². The van der Waals surface area contributed by atoms with E-state index in [4.69, 9.17) is 43.0 Å². The van der Waals surface area contributed by atoms with E-state index in [1.807, 2.05) is 25.2 Å². The minimum atomic E-state index is -2.12. The number of hydrogen-bond donors (Lipinski definition) is 5. The van der Waals surface area contributed by atoms with Crippen molar-refractivity contribution in [1.29, 1.82) is 0 Å². The van der Waals surface area contributed by atoms with Crippen LogP contribution in [0.3, 0.4) is 0 Å². The molecule has 8 saturated heterocycles. The third kappa shape index (κ3) is 8.26. The van der Waals surface area contributed by atoms with Crippen molar-refractivity contribution in [2.24, 2.45) is 29.6 Å². The average molecular weight is 858 g/mol. The summed E-state index contributed by atoms with van der Waals surface area (Å²) in [6.07, 6.45) is 6.93. The predicted molar refractivity (Wildman–Crippen MR) is 220 cm³/mol. The predicted octanol–water partition coefficient (Wildman–Crippen LogP) is 5.37. The quantitative estimate of drug-likeness (QED) is 0.187. The Balaban J connectivity index is 0.849. The number of nitrogens with one attached hydrogen (secondary N) is 1. The smallest absolute Gasteiger partial charge is 0.303 e. The van der Waals surface area contributed by atoms with Crippen LogP contribution in [0.25, 0.3) is 0 Å². The van der Waals surface area contributed by atoms with E-state index in [-0.39, 0.29) is 49.3 Å². The number of rotatable bonds is 9. The third-order valence-corrected chi connectivity index (χ3v) is 15.9. The number of carboxylic acid groups (broad SMARTS) is 1. The van der Waals surface area contributed by atoms with Gasteiger partial charge in [0.25, 0.3) is 0 Å². The van der Waals surface area contributed by atoms with Crippen molar-refractivity contribution in [3.63, 3.8) is 0 Å². The molecule has 0 amide bonds. The molecular weight excluding hydrogens is 787 g/mol. The van der Waals surface area contributed by atoms with Crippen LogP contribution < -0.4 is 5.32 Å². The normalized spacial score (nSPS) is 52.4. The zero-order valence-corrected chi connectivity index (χ0v) is 37.0. The molecular formula is C47H71NO13. The van der Waals surface area contributed by atoms with Gasteiger partial charge in [-0.15, -0.1) is 0 Å². The number of aliphatic hydroxyl groups is 3. The first-order valence-corrected chi connectivity index (χ1v) is 23.3. The van der Waals surface area contributed by atoms with Gasteiger partial charge in [0.05, 0.1) is 48.8 Å². The number of aliphatic hydroxyl groups excluding tert-OH is 2. The number of hydrogen-bond acceptors (Lipinski definition) is 13. The molecule has 0 aliphatic carbocycles. The lowest BCUT2D eigenvalue weighted by molar-refractivity contribution is -0.367. The van der Waals surface area contributed by atoms with Gasteiger partial charge in [-0.25, -0.2) is 0 Å². The largest absolute Gasteiger partial charge is 0.481 e. The van der Waals surface area contributed by atoms with Crippen LogP contribution in [-0.2, 0) is 42.7 Å². The first-order chi connectivity index (χ1) is 28.8. The zero-order chi connectivity index (χ0) is 43.3. The Bertz CT molecular complexity index is 1740. The molecule has 3 spiro atoms. The summed E-state index contributed by atoms with van der Waals surface area (Å²) in [5.74, 6) is -4.94. The summed E-state index contributed by atoms with van der Waals surface area (Å²) < 4.78 is 53.9. The molecule has 0 radical (unpaired) electrons. The van der Waals surface area contributed by atoms with E-state index in [1.165, 1.54) is 0 Å². The van der Waals surface area contributed by atoms with Gasteiger partial charge in [-0.1, -0.05) is 65.0 Å². The molecule has 9 aliphatic rings. The van der Waals surface area contributed by atoms with Crippen molar-refractivity contribution in [2.75, 3.05) is 6.54 Å². The van der Waals surface area contributed by atoms with Crippen LogP contribution in [0.1, 0.15) is 125 Å². The highest BCUT2D eigenvalue weighted by Crippen LogP contribution is 2.56. The number of carboxylic acids is 1. The summed E-state index contributed by atoms with van der Waals surface area (Å²) in [4.78, 5) is 11.0. The summed E-state index contributed by atoms with van der Waals surface area (Å²) in [7, 11) is 0. The molecule has 342 valence electrons. The van der Waals surface area contributed by atoms with Crippen molar-refractivity contribution in [3.8, 4) is 0 Å². The Morgan fingerprint density at radius 3 is 2.48 bits per heavy atom. The molecule has 20 atom stereocenters. The van der Waals surface area contributed by atoms with Crippen LogP contribution in [0.2, 0.25) is 0 Å². The fourth-order valence-corrected chi connectivity index (χ4v) is 12.8. The zero-order valence-electron chi connectivity index (χ0n) is 37.0. The lowest BCUT2D eigenvalue weighted by Gasteiger charge is -2.53. The van der Waals surface area contributed by atoms with Gasteiger partial charge in [0.1, 0.15) is 17.9 Å². The maximum Gasteiger partial charge on any atom is 0.303 e. The molecule has 9 heterocycles. The van der Waals surface area contributed by atoms with Crippen molar-refractivity contribution in [2.45, 2.75) is 215 Å². The number of ether oxygens (including phenoxy) is 8. The summed E-state index contributed by atoms with van der Waals surface area (Å²) >= 11 is 0. The molecule has 8 fully saturated rings. The highest BCUT2D eigenvalue weighted by atomic mass is 16.8. The first-order valence-electron chi connectivity index (χ1n) is 23.3. The van der Waals surface area contributed by atoms with Crippen molar-refractivity contribution < 1.29 is 63.1 Å². The van der Waals surface area contributed by atoms with Crippen LogP contribution >= 0.6 is 0 Å². The molecule has 9 rings (SSSR count). The lowest BCUT2D eigenvalue weighted by atomic mass is 9.78. The van der Waals surface area contributed by atoms with E-state index in [0.717, 1.165) is 31.4 Å². The number of piperidine rings is 1. The molecule has 0 aromatic rings. The molecule has 61 heavy (non-hydrogen) atoms. The van der Waals surface area contributed by atoms with E-state index >= 15 is 0 Å². The Kier molecular flexibility index (Phi) is 11.8. The summed E-state index contributed by atoms with van der Waals surface area (Å²) in [6.45, 7) is 18.2. The molecule has 0 aromatic carbocycles. The molecule has 2 bridgehead atoms. The minimum absolute atomic E-state index is 0.0545.